The Balaban J connectivity index is 2.10. The number of thioether (sulfide) groups is 1. The number of hydrogen-bond acceptors (Lipinski definition) is 2. The van der Waals surface area contributed by atoms with Crippen molar-refractivity contribution in [3.63, 3.8) is 0 Å². The monoisotopic (exact) mass is 361 g/mol. The molecule has 0 unspecified atom stereocenters. The fraction of sp³-hybridized carbons (Fsp3) is 0.0625. The van der Waals surface area contributed by atoms with Crippen molar-refractivity contribution in [3.8, 4) is 11.3 Å². The standard InChI is InChI=1S/C16H9BrClNS/c17-9-5-6-14-11(7-9)16-12(8-20-14)15(18)10-3-1-2-4-13(10)19-16/h1-7H,8H2. The van der Waals surface area contributed by atoms with Crippen LogP contribution in [0.15, 0.2) is 51.8 Å². The van der Waals surface area contributed by atoms with Crippen molar-refractivity contribution in [3.05, 3.63) is 57.5 Å². The van der Waals surface area contributed by atoms with Gasteiger partial charge in [-0.2, -0.15) is 0 Å². The van der Waals surface area contributed by atoms with Crippen molar-refractivity contribution >= 4 is 50.2 Å². The van der Waals surface area contributed by atoms with Crippen molar-refractivity contribution in [1.29, 1.82) is 0 Å². The summed E-state index contributed by atoms with van der Waals surface area (Å²) in [5.41, 5.74) is 4.28. The first-order valence-corrected chi connectivity index (χ1v) is 8.39. The molecule has 0 N–H and O–H groups in total. The normalized spacial score (nSPS) is 13.1. The maximum Gasteiger partial charge on any atom is 0.0776 e. The van der Waals surface area contributed by atoms with Gasteiger partial charge in [-0.25, -0.2) is 4.98 Å². The second kappa shape index (κ2) is 4.76. The summed E-state index contributed by atoms with van der Waals surface area (Å²) in [7, 11) is 0. The van der Waals surface area contributed by atoms with Crippen LogP contribution in [0.25, 0.3) is 22.2 Å². The number of para-hydroxylation sites is 1. The minimum absolute atomic E-state index is 0.837. The second-order valence-electron chi connectivity index (χ2n) is 4.70. The van der Waals surface area contributed by atoms with E-state index in [0.717, 1.165) is 37.4 Å². The Hall–Kier alpha value is -1.03. The molecule has 98 valence electrons. The minimum atomic E-state index is 0.837. The van der Waals surface area contributed by atoms with Crippen LogP contribution in [-0.2, 0) is 5.75 Å². The van der Waals surface area contributed by atoms with Crippen LogP contribution in [0, 0.1) is 0 Å². The van der Waals surface area contributed by atoms with Crippen molar-refractivity contribution in [2.24, 2.45) is 0 Å². The van der Waals surface area contributed by atoms with Crippen molar-refractivity contribution < 1.29 is 0 Å². The van der Waals surface area contributed by atoms with E-state index in [0.29, 0.717) is 0 Å². The molecule has 1 nitrogen and oxygen atoms in total. The lowest BCUT2D eigenvalue weighted by Gasteiger charge is -2.20. The first-order valence-electron chi connectivity index (χ1n) is 6.24. The zero-order valence-electron chi connectivity index (χ0n) is 10.4. The Kier molecular flexibility index (Phi) is 3.02. The number of hydrogen-bond donors (Lipinski definition) is 0. The molecular formula is C16H9BrClNS. The number of fused-ring (bicyclic) bond motifs is 4. The van der Waals surface area contributed by atoms with Gasteiger partial charge in [-0.1, -0.05) is 45.7 Å². The van der Waals surface area contributed by atoms with Gasteiger partial charge in [0.1, 0.15) is 0 Å². The first-order chi connectivity index (χ1) is 9.74. The van der Waals surface area contributed by atoms with Gasteiger partial charge < -0.3 is 0 Å². The van der Waals surface area contributed by atoms with Crippen molar-refractivity contribution in [2.75, 3.05) is 0 Å². The summed E-state index contributed by atoms with van der Waals surface area (Å²) < 4.78 is 1.07. The van der Waals surface area contributed by atoms with E-state index in [-0.39, 0.29) is 0 Å². The largest absolute Gasteiger partial charge is 0.247 e. The van der Waals surface area contributed by atoms with E-state index in [2.05, 4.69) is 34.1 Å². The topological polar surface area (TPSA) is 12.9 Å². The van der Waals surface area contributed by atoms with Gasteiger partial charge in [-0.15, -0.1) is 11.8 Å². The maximum absolute atomic E-state index is 6.60. The summed E-state index contributed by atoms with van der Waals surface area (Å²) in [5, 5.41) is 1.87. The summed E-state index contributed by atoms with van der Waals surface area (Å²) in [6, 6.07) is 14.4. The van der Waals surface area contributed by atoms with E-state index < -0.39 is 0 Å². The molecule has 3 aromatic rings. The highest BCUT2D eigenvalue weighted by Crippen LogP contribution is 2.45. The van der Waals surface area contributed by atoms with Crippen LogP contribution in [0.3, 0.4) is 0 Å². The molecule has 20 heavy (non-hydrogen) atoms. The van der Waals surface area contributed by atoms with Crippen LogP contribution >= 0.6 is 39.3 Å². The van der Waals surface area contributed by atoms with Crippen molar-refractivity contribution in [2.45, 2.75) is 10.6 Å². The molecule has 0 saturated carbocycles. The third-order valence-corrected chi connectivity index (χ3v) is 5.52. The van der Waals surface area contributed by atoms with Crippen LogP contribution in [0.1, 0.15) is 5.56 Å². The Labute approximate surface area is 134 Å². The van der Waals surface area contributed by atoms with E-state index in [1.165, 1.54) is 10.5 Å². The van der Waals surface area contributed by atoms with Gasteiger partial charge in [0.25, 0.3) is 0 Å². The molecule has 0 radical (unpaired) electrons. The maximum atomic E-state index is 6.60. The number of rotatable bonds is 0. The molecule has 1 aliphatic rings. The second-order valence-corrected chi connectivity index (χ2v) is 7.01. The van der Waals surface area contributed by atoms with Gasteiger partial charge >= 0.3 is 0 Å². The SMILES string of the molecule is Clc1c2c(nc3ccccc13)-c1cc(Br)ccc1SC2. The number of pyridine rings is 1. The van der Waals surface area contributed by atoms with Gasteiger partial charge in [-0.3, -0.25) is 0 Å². The lowest BCUT2D eigenvalue weighted by atomic mass is 10.0. The Morgan fingerprint density at radius 1 is 1.15 bits per heavy atom. The van der Waals surface area contributed by atoms with Gasteiger partial charge in [-0.05, 0) is 24.3 Å². The average molecular weight is 363 g/mol. The zero-order valence-corrected chi connectivity index (χ0v) is 13.5. The number of benzene rings is 2. The summed E-state index contributed by atoms with van der Waals surface area (Å²) >= 11 is 12.0. The third-order valence-electron chi connectivity index (χ3n) is 3.49. The first kappa shape index (κ1) is 12.7. The van der Waals surface area contributed by atoms with Crippen LogP contribution in [0.5, 0.6) is 0 Å². The lowest BCUT2D eigenvalue weighted by Crippen LogP contribution is -2.01. The van der Waals surface area contributed by atoms with Crippen LogP contribution < -0.4 is 0 Å². The predicted molar refractivity (Wildman–Crippen MR) is 89.5 cm³/mol. The molecule has 0 aliphatic carbocycles. The quantitative estimate of drug-likeness (QED) is 0.492. The van der Waals surface area contributed by atoms with Crippen molar-refractivity contribution in [1.82, 2.24) is 4.98 Å². The Morgan fingerprint density at radius 3 is 2.90 bits per heavy atom. The molecule has 1 aromatic heterocycles. The fourth-order valence-corrected chi connectivity index (χ4v) is 4.34. The molecule has 2 aromatic carbocycles. The molecule has 0 amide bonds. The van der Waals surface area contributed by atoms with E-state index in [1.54, 1.807) is 0 Å². The Bertz CT molecular complexity index is 847. The fourth-order valence-electron chi connectivity index (χ4n) is 2.53. The van der Waals surface area contributed by atoms with Crippen LogP contribution in [0.2, 0.25) is 5.02 Å². The highest BCUT2D eigenvalue weighted by Gasteiger charge is 2.22. The molecule has 1 aliphatic heterocycles. The number of aromatic nitrogens is 1. The van der Waals surface area contributed by atoms with Gasteiger partial charge in [0.2, 0.25) is 0 Å². The van der Waals surface area contributed by atoms with E-state index in [4.69, 9.17) is 16.6 Å². The summed E-state index contributed by atoms with van der Waals surface area (Å²) in [6.07, 6.45) is 0. The van der Waals surface area contributed by atoms with Gasteiger partial charge in [0.15, 0.2) is 0 Å². The van der Waals surface area contributed by atoms with E-state index in [9.17, 15) is 0 Å². The molecule has 4 rings (SSSR count). The average Bonchev–Trinajstić information content (AvgIpc) is 2.47. The molecule has 4 heteroatoms. The van der Waals surface area contributed by atoms with E-state index in [1.807, 2.05) is 36.0 Å². The zero-order chi connectivity index (χ0) is 13.7. The molecule has 0 spiro atoms. The number of halogens is 2. The smallest absolute Gasteiger partial charge is 0.0776 e. The lowest BCUT2D eigenvalue weighted by molar-refractivity contribution is 1.24. The minimum Gasteiger partial charge on any atom is -0.247 e. The molecule has 0 bridgehead atoms. The molecule has 0 fully saturated rings. The Morgan fingerprint density at radius 2 is 2.00 bits per heavy atom. The molecule has 0 saturated heterocycles. The molecule has 0 atom stereocenters. The number of nitrogens with zero attached hydrogens (tertiary/aromatic N) is 1. The van der Waals surface area contributed by atoms with Gasteiger partial charge in [0.05, 0.1) is 16.2 Å². The summed E-state index contributed by atoms with van der Waals surface area (Å²) in [6.45, 7) is 0. The third kappa shape index (κ3) is 1.88. The van der Waals surface area contributed by atoms with Crippen LogP contribution in [-0.4, -0.2) is 4.98 Å². The van der Waals surface area contributed by atoms with Crippen LogP contribution in [0.4, 0.5) is 0 Å². The predicted octanol–water partition coefficient (Wildman–Crippen LogP) is 5.92. The van der Waals surface area contributed by atoms with Gasteiger partial charge in [0, 0.05) is 31.6 Å². The highest BCUT2D eigenvalue weighted by molar-refractivity contribution is 9.10. The summed E-state index contributed by atoms with van der Waals surface area (Å²) in [5.74, 6) is 0.876. The summed E-state index contributed by atoms with van der Waals surface area (Å²) in [4.78, 5) is 6.10. The highest BCUT2D eigenvalue weighted by atomic mass is 79.9. The molecular weight excluding hydrogens is 354 g/mol. The van der Waals surface area contributed by atoms with E-state index >= 15 is 0 Å². The molecule has 2 heterocycles.